The number of rotatable bonds is 5. The van der Waals surface area contributed by atoms with Crippen molar-refractivity contribution in [3.63, 3.8) is 0 Å². The molecule has 0 aliphatic rings. The second-order valence-corrected chi connectivity index (χ2v) is 7.77. The zero-order valence-corrected chi connectivity index (χ0v) is 19.2. The molecule has 0 spiro atoms. The van der Waals surface area contributed by atoms with E-state index in [0.717, 1.165) is 29.1 Å². The summed E-state index contributed by atoms with van der Waals surface area (Å²) >= 11 is 5.30. The Bertz CT molecular complexity index is 1140. The van der Waals surface area contributed by atoms with E-state index in [-0.39, 0.29) is 16.9 Å². The van der Waals surface area contributed by atoms with E-state index in [1.807, 2.05) is 19.9 Å². The van der Waals surface area contributed by atoms with E-state index in [9.17, 15) is 17.6 Å². The SMILES string of the molecule is Cc1cc(C)nc(NC(=NCCc2ccc(F)cc2)NC(=S)Nc2ccc(C(F)(F)F)cc2)n1. The Labute approximate surface area is 199 Å². The maximum Gasteiger partial charge on any atom is 0.416 e. The van der Waals surface area contributed by atoms with E-state index < -0.39 is 11.7 Å². The number of nitrogens with zero attached hydrogens (tertiary/aromatic N) is 3. The molecule has 11 heteroatoms. The summed E-state index contributed by atoms with van der Waals surface area (Å²) in [6, 6.07) is 12.4. The maximum atomic E-state index is 13.1. The van der Waals surface area contributed by atoms with Crippen LogP contribution in [0.15, 0.2) is 59.6 Å². The second kappa shape index (κ2) is 11.0. The van der Waals surface area contributed by atoms with Crippen LogP contribution >= 0.6 is 12.2 Å². The number of aliphatic imine (C=N–C) groups is 1. The number of hydrogen-bond donors (Lipinski definition) is 3. The number of alkyl halides is 3. The normalized spacial score (nSPS) is 11.8. The molecule has 0 aliphatic heterocycles. The quantitative estimate of drug-likeness (QED) is 0.196. The third-order valence-corrected chi connectivity index (χ3v) is 4.70. The molecule has 6 nitrogen and oxygen atoms in total. The summed E-state index contributed by atoms with van der Waals surface area (Å²) in [4.78, 5) is 13.1. The highest BCUT2D eigenvalue weighted by Crippen LogP contribution is 2.29. The molecule has 0 fully saturated rings. The third kappa shape index (κ3) is 7.77. The highest BCUT2D eigenvalue weighted by molar-refractivity contribution is 7.80. The first-order chi connectivity index (χ1) is 16.1. The summed E-state index contributed by atoms with van der Waals surface area (Å²) in [7, 11) is 0. The molecule has 34 heavy (non-hydrogen) atoms. The zero-order valence-electron chi connectivity index (χ0n) is 18.4. The molecular weight excluding hydrogens is 468 g/mol. The Balaban J connectivity index is 1.71. The average molecular weight is 491 g/mol. The van der Waals surface area contributed by atoms with Gasteiger partial charge in [0.1, 0.15) is 5.82 Å². The van der Waals surface area contributed by atoms with Crippen molar-refractivity contribution in [3.05, 3.63) is 82.9 Å². The number of guanidine groups is 1. The highest BCUT2D eigenvalue weighted by Gasteiger charge is 2.29. The van der Waals surface area contributed by atoms with Crippen molar-refractivity contribution in [2.75, 3.05) is 17.2 Å². The van der Waals surface area contributed by atoms with E-state index in [4.69, 9.17) is 12.2 Å². The minimum absolute atomic E-state index is 0.108. The second-order valence-electron chi connectivity index (χ2n) is 7.36. The largest absolute Gasteiger partial charge is 0.416 e. The van der Waals surface area contributed by atoms with Gasteiger partial charge in [-0.2, -0.15) is 13.2 Å². The van der Waals surface area contributed by atoms with E-state index in [2.05, 4.69) is 30.9 Å². The monoisotopic (exact) mass is 490 g/mol. The van der Waals surface area contributed by atoms with Gasteiger partial charge < -0.3 is 10.6 Å². The van der Waals surface area contributed by atoms with Gasteiger partial charge in [0.15, 0.2) is 5.11 Å². The van der Waals surface area contributed by atoms with Gasteiger partial charge in [-0.1, -0.05) is 12.1 Å². The van der Waals surface area contributed by atoms with Crippen LogP contribution in [0.2, 0.25) is 0 Å². The van der Waals surface area contributed by atoms with Crippen molar-refractivity contribution in [2.45, 2.75) is 26.4 Å². The summed E-state index contributed by atoms with van der Waals surface area (Å²) in [5, 5.41) is 8.80. The lowest BCUT2D eigenvalue weighted by Crippen LogP contribution is -2.39. The number of thiocarbonyl (C=S) groups is 1. The summed E-state index contributed by atoms with van der Waals surface area (Å²) in [6.45, 7) is 4.00. The average Bonchev–Trinajstić information content (AvgIpc) is 2.74. The van der Waals surface area contributed by atoms with Gasteiger partial charge in [0.2, 0.25) is 11.9 Å². The Morgan fingerprint density at radius 1 is 0.941 bits per heavy atom. The van der Waals surface area contributed by atoms with Crippen molar-refractivity contribution in [2.24, 2.45) is 4.99 Å². The molecule has 2 aromatic carbocycles. The molecule has 0 unspecified atom stereocenters. The molecule has 0 aliphatic carbocycles. The van der Waals surface area contributed by atoms with Crippen LogP contribution in [0, 0.1) is 19.7 Å². The lowest BCUT2D eigenvalue weighted by atomic mass is 10.1. The molecule has 3 rings (SSSR count). The number of hydrogen-bond acceptors (Lipinski definition) is 4. The first-order valence-electron chi connectivity index (χ1n) is 10.2. The Morgan fingerprint density at radius 2 is 1.56 bits per heavy atom. The van der Waals surface area contributed by atoms with Crippen LogP contribution in [0.1, 0.15) is 22.5 Å². The van der Waals surface area contributed by atoms with E-state index in [1.165, 1.54) is 24.3 Å². The lowest BCUT2D eigenvalue weighted by Gasteiger charge is -2.15. The topological polar surface area (TPSA) is 74.2 Å². The van der Waals surface area contributed by atoms with Crippen molar-refractivity contribution in [3.8, 4) is 0 Å². The molecule has 0 bridgehead atoms. The summed E-state index contributed by atoms with van der Waals surface area (Å²) in [5.74, 6) is 0.238. The standard InChI is InChI=1S/C23H22F4N6S/c1-14-13-15(2)30-21(29-14)32-20(28-12-11-16-3-7-18(24)8-4-16)33-22(34)31-19-9-5-17(6-10-19)23(25,26)27/h3-10,13H,11-12H2,1-2H3,(H3,28,29,30,31,32,33,34). The summed E-state index contributed by atoms with van der Waals surface area (Å²) in [6.07, 6.45) is -3.88. The fourth-order valence-electron chi connectivity index (χ4n) is 2.96. The molecular formula is C23H22F4N6S. The van der Waals surface area contributed by atoms with E-state index in [0.29, 0.717) is 24.6 Å². The zero-order chi connectivity index (χ0) is 24.7. The van der Waals surface area contributed by atoms with E-state index in [1.54, 1.807) is 12.1 Å². The number of nitrogens with one attached hydrogen (secondary N) is 3. The summed E-state index contributed by atoms with van der Waals surface area (Å²) < 4.78 is 51.4. The fraction of sp³-hybridized carbons (Fsp3) is 0.217. The molecule has 0 saturated carbocycles. The molecule has 1 heterocycles. The molecule has 1 aromatic heterocycles. The van der Waals surface area contributed by atoms with Crippen LogP contribution in [0.25, 0.3) is 0 Å². The molecule has 3 N–H and O–H groups in total. The number of aromatic nitrogens is 2. The molecule has 0 radical (unpaired) electrons. The van der Waals surface area contributed by atoms with Crippen LogP contribution < -0.4 is 16.0 Å². The minimum Gasteiger partial charge on any atom is -0.332 e. The van der Waals surface area contributed by atoms with Crippen molar-refractivity contribution >= 4 is 34.9 Å². The predicted molar refractivity (Wildman–Crippen MR) is 128 cm³/mol. The molecule has 0 atom stereocenters. The maximum absolute atomic E-state index is 13.1. The van der Waals surface area contributed by atoms with Crippen LogP contribution in [0.4, 0.5) is 29.2 Å². The number of anilines is 2. The van der Waals surface area contributed by atoms with Crippen LogP contribution in [-0.2, 0) is 12.6 Å². The minimum atomic E-state index is -4.42. The highest BCUT2D eigenvalue weighted by atomic mass is 32.1. The van der Waals surface area contributed by atoms with Gasteiger partial charge in [-0.3, -0.25) is 10.3 Å². The van der Waals surface area contributed by atoms with Crippen LogP contribution in [0.3, 0.4) is 0 Å². The Morgan fingerprint density at radius 3 is 2.15 bits per heavy atom. The smallest absolute Gasteiger partial charge is 0.332 e. The Kier molecular flexibility index (Phi) is 8.11. The summed E-state index contributed by atoms with van der Waals surface area (Å²) in [5.41, 5.74) is 2.03. The van der Waals surface area contributed by atoms with Crippen molar-refractivity contribution in [1.29, 1.82) is 0 Å². The van der Waals surface area contributed by atoms with Crippen LogP contribution in [0.5, 0.6) is 0 Å². The third-order valence-electron chi connectivity index (χ3n) is 4.50. The molecule has 0 saturated heterocycles. The van der Waals surface area contributed by atoms with Gasteiger partial charge in [0, 0.05) is 23.6 Å². The number of benzene rings is 2. The van der Waals surface area contributed by atoms with Crippen molar-refractivity contribution in [1.82, 2.24) is 15.3 Å². The van der Waals surface area contributed by atoms with E-state index >= 15 is 0 Å². The van der Waals surface area contributed by atoms with Gasteiger partial charge in [0.05, 0.1) is 5.56 Å². The molecule has 3 aromatic rings. The first kappa shape index (κ1) is 25.0. The fourth-order valence-corrected chi connectivity index (χ4v) is 3.17. The van der Waals surface area contributed by atoms with Gasteiger partial charge in [-0.05, 0) is 80.5 Å². The van der Waals surface area contributed by atoms with Gasteiger partial charge in [-0.25, -0.2) is 14.4 Å². The van der Waals surface area contributed by atoms with Gasteiger partial charge in [-0.15, -0.1) is 0 Å². The van der Waals surface area contributed by atoms with Gasteiger partial charge >= 0.3 is 6.18 Å². The predicted octanol–water partition coefficient (Wildman–Crippen LogP) is 5.25. The molecule has 178 valence electrons. The van der Waals surface area contributed by atoms with Crippen molar-refractivity contribution < 1.29 is 17.6 Å². The lowest BCUT2D eigenvalue weighted by molar-refractivity contribution is -0.137. The van der Waals surface area contributed by atoms with Gasteiger partial charge in [0.25, 0.3) is 0 Å². The molecule has 0 amide bonds. The first-order valence-corrected chi connectivity index (χ1v) is 10.6. The number of aryl methyl sites for hydroxylation is 2. The van der Waals surface area contributed by atoms with Crippen LogP contribution in [-0.4, -0.2) is 27.6 Å². The Hall–Kier alpha value is -3.60. The number of halogens is 4.